The summed E-state index contributed by atoms with van der Waals surface area (Å²) in [5.41, 5.74) is 0. The molecule has 3 nitrogen and oxygen atoms in total. The van der Waals surface area contributed by atoms with Crippen LogP contribution < -0.4 is 5.32 Å². The predicted octanol–water partition coefficient (Wildman–Crippen LogP) is 0.346. The van der Waals surface area contributed by atoms with Crippen LogP contribution in [0.1, 0.15) is 20.8 Å². The molecule has 0 fully saturated rings. The Bertz CT molecular complexity index is 132. The molecule has 0 aromatic carbocycles. The van der Waals surface area contributed by atoms with Gasteiger partial charge in [-0.05, 0) is 6.92 Å². The van der Waals surface area contributed by atoms with Gasteiger partial charge in [0.05, 0.1) is 6.04 Å². The van der Waals surface area contributed by atoms with Gasteiger partial charge in [0, 0.05) is 5.92 Å². The lowest BCUT2D eigenvalue weighted by Crippen LogP contribution is -2.35. The largest absolute Gasteiger partial charge is 0.349 e. The van der Waals surface area contributed by atoms with Crippen LogP contribution >= 0.6 is 0 Å². The third-order valence-electron chi connectivity index (χ3n) is 1.31. The van der Waals surface area contributed by atoms with Gasteiger partial charge in [-0.1, -0.05) is 13.8 Å². The van der Waals surface area contributed by atoms with Crippen molar-refractivity contribution in [2.75, 3.05) is 0 Å². The fraction of sp³-hybridized carbons (Fsp3) is 0.714. The summed E-state index contributed by atoms with van der Waals surface area (Å²) in [6.07, 6.45) is 0.547. The summed E-state index contributed by atoms with van der Waals surface area (Å²) < 4.78 is 0. The first-order valence-electron chi connectivity index (χ1n) is 3.33. The molecule has 58 valence electrons. The van der Waals surface area contributed by atoms with Crippen LogP contribution in [-0.4, -0.2) is 18.2 Å². The fourth-order valence-electron chi connectivity index (χ4n) is 0.684. The summed E-state index contributed by atoms with van der Waals surface area (Å²) >= 11 is 0. The van der Waals surface area contributed by atoms with Crippen molar-refractivity contribution >= 4 is 12.2 Å². The maximum absolute atomic E-state index is 11.0. The molecule has 0 aliphatic carbocycles. The van der Waals surface area contributed by atoms with Crippen molar-refractivity contribution < 1.29 is 9.59 Å². The van der Waals surface area contributed by atoms with Gasteiger partial charge in [-0.3, -0.25) is 9.59 Å². The topological polar surface area (TPSA) is 46.2 Å². The van der Waals surface area contributed by atoms with E-state index in [0.717, 1.165) is 0 Å². The van der Waals surface area contributed by atoms with Gasteiger partial charge in [0.2, 0.25) is 6.41 Å². The highest BCUT2D eigenvalue weighted by molar-refractivity contribution is 5.86. The SMILES string of the molecule is CC(C)C(=O)[C@H](C)NC=O. The van der Waals surface area contributed by atoms with Crippen LogP contribution in [0.3, 0.4) is 0 Å². The van der Waals surface area contributed by atoms with E-state index in [2.05, 4.69) is 5.32 Å². The Hall–Kier alpha value is -0.860. The minimum atomic E-state index is -0.350. The maximum atomic E-state index is 11.0. The van der Waals surface area contributed by atoms with Crippen molar-refractivity contribution in [2.24, 2.45) is 5.92 Å². The van der Waals surface area contributed by atoms with Crippen molar-refractivity contribution in [1.29, 1.82) is 0 Å². The Morgan fingerprint density at radius 2 is 1.90 bits per heavy atom. The summed E-state index contributed by atoms with van der Waals surface area (Å²) in [6.45, 7) is 5.30. The average molecular weight is 143 g/mol. The average Bonchev–Trinajstić information content (AvgIpc) is 1.87. The fourth-order valence-corrected chi connectivity index (χ4v) is 0.684. The van der Waals surface area contributed by atoms with Crippen molar-refractivity contribution in [1.82, 2.24) is 5.32 Å². The molecule has 1 amide bonds. The molecule has 1 atom stereocenters. The second-order valence-corrected chi connectivity index (χ2v) is 2.56. The molecule has 0 aromatic rings. The van der Waals surface area contributed by atoms with Gasteiger partial charge in [-0.15, -0.1) is 0 Å². The minimum Gasteiger partial charge on any atom is -0.349 e. The number of nitrogens with one attached hydrogen (secondary N) is 1. The van der Waals surface area contributed by atoms with E-state index in [-0.39, 0.29) is 17.7 Å². The lowest BCUT2D eigenvalue weighted by atomic mass is 10.0. The molecule has 1 N–H and O–H groups in total. The van der Waals surface area contributed by atoms with Crippen LogP contribution in [0, 0.1) is 5.92 Å². The number of ketones is 1. The number of amides is 1. The summed E-state index contributed by atoms with van der Waals surface area (Å²) in [4.78, 5) is 20.9. The third kappa shape index (κ3) is 2.62. The number of carbonyl (C=O) groups is 2. The van der Waals surface area contributed by atoms with Gasteiger partial charge in [-0.2, -0.15) is 0 Å². The molecule has 10 heavy (non-hydrogen) atoms. The van der Waals surface area contributed by atoms with Crippen LogP contribution in [0.2, 0.25) is 0 Å². The smallest absolute Gasteiger partial charge is 0.207 e. The van der Waals surface area contributed by atoms with E-state index in [0.29, 0.717) is 6.41 Å². The molecule has 3 heteroatoms. The first-order chi connectivity index (χ1) is 4.59. The second-order valence-electron chi connectivity index (χ2n) is 2.56. The van der Waals surface area contributed by atoms with Crippen molar-refractivity contribution in [2.45, 2.75) is 26.8 Å². The van der Waals surface area contributed by atoms with E-state index in [1.54, 1.807) is 6.92 Å². The van der Waals surface area contributed by atoms with Crippen LogP contribution in [0.4, 0.5) is 0 Å². The molecule has 0 heterocycles. The molecule has 0 spiro atoms. The van der Waals surface area contributed by atoms with Gasteiger partial charge >= 0.3 is 0 Å². The van der Waals surface area contributed by atoms with E-state index in [9.17, 15) is 9.59 Å². The summed E-state index contributed by atoms with van der Waals surface area (Å²) in [5, 5.41) is 2.40. The first kappa shape index (κ1) is 9.14. The van der Waals surface area contributed by atoms with Crippen LogP contribution in [0.5, 0.6) is 0 Å². The van der Waals surface area contributed by atoms with Gasteiger partial charge in [0.25, 0.3) is 0 Å². The predicted molar refractivity (Wildman–Crippen MR) is 38.5 cm³/mol. The molecule has 0 aromatic heterocycles. The van der Waals surface area contributed by atoms with E-state index < -0.39 is 0 Å². The molecule has 0 radical (unpaired) electrons. The normalized spacial score (nSPS) is 12.8. The Kier molecular flexibility index (Phi) is 3.69. The Morgan fingerprint density at radius 1 is 1.40 bits per heavy atom. The number of hydrogen-bond donors (Lipinski definition) is 1. The summed E-state index contributed by atoms with van der Waals surface area (Å²) in [6, 6.07) is -0.350. The molecular weight excluding hydrogens is 130 g/mol. The Balaban J connectivity index is 3.81. The quantitative estimate of drug-likeness (QED) is 0.577. The van der Waals surface area contributed by atoms with Crippen molar-refractivity contribution in [3.63, 3.8) is 0 Å². The van der Waals surface area contributed by atoms with Crippen LogP contribution in [0.25, 0.3) is 0 Å². The minimum absolute atomic E-state index is 0.0116. The summed E-state index contributed by atoms with van der Waals surface area (Å²) in [5.74, 6) is 0.0505. The zero-order chi connectivity index (χ0) is 8.15. The first-order valence-corrected chi connectivity index (χ1v) is 3.33. The Morgan fingerprint density at radius 3 is 2.20 bits per heavy atom. The Labute approximate surface area is 60.8 Å². The number of carbonyl (C=O) groups excluding carboxylic acids is 2. The molecular formula is C7H13NO2. The van der Waals surface area contributed by atoms with Gasteiger partial charge in [0.15, 0.2) is 5.78 Å². The van der Waals surface area contributed by atoms with Crippen molar-refractivity contribution in [3.8, 4) is 0 Å². The van der Waals surface area contributed by atoms with Gasteiger partial charge in [0.1, 0.15) is 0 Å². The standard InChI is InChI=1S/C7H13NO2/c1-5(2)7(10)6(3)8-4-9/h4-6H,1-3H3,(H,8,9)/t6-/m0/s1. The molecule has 0 rings (SSSR count). The highest BCUT2D eigenvalue weighted by Crippen LogP contribution is 1.97. The van der Waals surface area contributed by atoms with Gasteiger partial charge in [-0.25, -0.2) is 0 Å². The summed E-state index contributed by atoms with van der Waals surface area (Å²) in [7, 11) is 0. The number of hydrogen-bond acceptors (Lipinski definition) is 2. The molecule has 0 bridgehead atoms. The molecule has 0 saturated heterocycles. The number of rotatable bonds is 4. The number of Topliss-reactive ketones (excluding diaryl/α,β-unsaturated/α-hetero) is 1. The van der Waals surface area contributed by atoms with Crippen molar-refractivity contribution in [3.05, 3.63) is 0 Å². The lowest BCUT2D eigenvalue weighted by Gasteiger charge is -2.10. The van der Waals surface area contributed by atoms with E-state index in [4.69, 9.17) is 0 Å². The molecule has 0 saturated carbocycles. The molecule has 0 aliphatic heterocycles. The van der Waals surface area contributed by atoms with Gasteiger partial charge < -0.3 is 5.32 Å². The zero-order valence-electron chi connectivity index (χ0n) is 6.55. The van der Waals surface area contributed by atoms with E-state index >= 15 is 0 Å². The zero-order valence-corrected chi connectivity index (χ0v) is 6.55. The molecule has 0 unspecified atom stereocenters. The second kappa shape index (κ2) is 4.04. The van der Waals surface area contributed by atoms with E-state index in [1.165, 1.54) is 0 Å². The monoisotopic (exact) mass is 143 g/mol. The van der Waals surface area contributed by atoms with Crippen LogP contribution in [-0.2, 0) is 9.59 Å². The molecule has 0 aliphatic rings. The van der Waals surface area contributed by atoms with E-state index in [1.807, 2.05) is 13.8 Å². The highest BCUT2D eigenvalue weighted by atomic mass is 16.1. The third-order valence-corrected chi connectivity index (χ3v) is 1.31. The highest BCUT2D eigenvalue weighted by Gasteiger charge is 2.14. The maximum Gasteiger partial charge on any atom is 0.207 e. The van der Waals surface area contributed by atoms with Crippen LogP contribution in [0.15, 0.2) is 0 Å². The lowest BCUT2D eigenvalue weighted by molar-refractivity contribution is -0.125.